The number of aryl methyl sites for hydroxylation is 1. The van der Waals surface area contributed by atoms with Crippen molar-refractivity contribution >= 4 is 11.5 Å². The maximum Gasteiger partial charge on any atom is 0.339 e. The minimum atomic E-state index is -1.06. The molecule has 0 saturated carbocycles. The number of fused-ring (bicyclic) bond motifs is 1. The second-order valence-corrected chi connectivity index (χ2v) is 12.3. The van der Waals surface area contributed by atoms with Gasteiger partial charge in [0.1, 0.15) is 11.9 Å². The van der Waals surface area contributed by atoms with E-state index in [0.717, 1.165) is 6.42 Å². The third kappa shape index (κ3) is 10.1. The fourth-order valence-electron chi connectivity index (χ4n) is 5.31. The summed E-state index contributed by atoms with van der Waals surface area (Å²) in [6.07, 6.45) is 2.84. The Morgan fingerprint density at radius 3 is 2.36 bits per heavy atom. The summed E-state index contributed by atoms with van der Waals surface area (Å²) in [6.45, 7) is 12.8. The van der Waals surface area contributed by atoms with Gasteiger partial charge in [-0.1, -0.05) is 58.4 Å². The van der Waals surface area contributed by atoms with Gasteiger partial charge < -0.3 is 35.4 Å². The van der Waals surface area contributed by atoms with Crippen molar-refractivity contribution in [3.8, 4) is 5.75 Å². The zero-order valence-corrected chi connectivity index (χ0v) is 26.2. The molecular weight excluding hydrogens is 536 g/mol. The van der Waals surface area contributed by atoms with Crippen molar-refractivity contribution in [2.75, 3.05) is 0 Å². The van der Waals surface area contributed by atoms with Crippen molar-refractivity contribution in [2.45, 2.75) is 117 Å². The highest BCUT2D eigenvalue weighted by Gasteiger charge is 2.30. The first-order chi connectivity index (χ1) is 19.7. The number of allylic oxidation sites excluding steroid dienone is 3. The quantitative estimate of drug-likeness (QED) is 0.187. The molecule has 0 bridgehead atoms. The number of esters is 1. The van der Waals surface area contributed by atoms with Crippen molar-refractivity contribution in [1.29, 1.82) is 0 Å². The average molecular weight is 589 g/mol. The fourth-order valence-corrected chi connectivity index (χ4v) is 5.31. The van der Waals surface area contributed by atoms with Gasteiger partial charge in [-0.2, -0.15) is 0 Å². The zero-order valence-electron chi connectivity index (χ0n) is 26.2. The second-order valence-electron chi connectivity index (χ2n) is 12.3. The summed E-state index contributed by atoms with van der Waals surface area (Å²) in [5.74, 6) is -1.31. The van der Waals surface area contributed by atoms with Crippen molar-refractivity contribution in [3.63, 3.8) is 0 Å². The fraction of sp³-hybridized carbons (Fsp3) is 0.618. The SMILES string of the molecule is CC[C@H](C)[C@@H](O)[C@@H](C)[C@@H](O)C[C@@H](O)C[C@@H]1C[C@H](O)C/C=C(\C)[C@@H](O)[C@@H](C)/C=C/C=C(\C)c2cc(O)c(C)cc2C(=O)O1. The molecule has 0 aromatic heterocycles. The van der Waals surface area contributed by atoms with Crippen LogP contribution in [-0.2, 0) is 4.74 Å². The number of aliphatic hydroxyl groups excluding tert-OH is 5. The molecule has 1 heterocycles. The van der Waals surface area contributed by atoms with Gasteiger partial charge in [0.15, 0.2) is 0 Å². The van der Waals surface area contributed by atoms with Crippen LogP contribution in [0.3, 0.4) is 0 Å². The van der Waals surface area contributed by atoms with Gasteiger partial charge in [-0.3, -0.25) is 0 Å². The Hall–Kier alpha value is -2.49. The largest absolute Gasteiger partial charge is 0.508 e. The van der Waals surface area contributed by atoms with Gasteiger partial charge in [0.05, 0.1) is 36.1 Å². The van der Waals surface area contributed by atoms with Gasteiger partial charge in [-0.15, -0.1) is 0 Å². The van der Waals surface area contributed by atoms with E-state index in [1.54, 1.807) is 45.1 Å². The molecule has 1 aromatic carbocycles. The number of rotatable bonds is 8. The number of cyclic esters (lactones) is 1. The van der Waals surface area contributed by atoms with Crippen LogP contribution in [0.15, 0.2) is 42.0 Å². The van der Waals surface area contributed by atoms with E-state index in [-0.39, 0.29) is 48.8 Å². The van der Waals surface area contributed by atoms with Gasteiger partial charge in [0, 0.05) is 24.7 Å². The number of hydrogen-bond acceptors (Lipinski definition) is 8. The van der Waals surface area contributed by atoms with Gasteiger partial charge in [-0.05, 0) is 73.9 Å². The molecule has 0 spiro atoms. The summed E-state index contributed by atoms with van der Waals surface area (Å²) in [5.41, 5.74) is 2.61. The normalized spacial score (nSPS) is 29.5. The number of phenolic OH excluding ortho intramolecular Hbond substituents is 1. The molecule has 0 fully saturated rings. The lowest BCUT2D eigenvalue weighted by Crippen LogP contribution is -2.37. The van der Waals surface area contributed by atoms with Crippen LogP contribution in [0.25, 0.3) is 5.57 Å². The maximum atomic E-state index is 13.5. The highest BCUT2D eigenvalue weighted by Crippen LogP contribution is 2.30. The first-order valence-electron chi connectivity index (χ1n) is 15.1. The highest BCUT2D eigenvalue weighted by molar-refractivity contribution is 5.96. The maximum absolute atomic E-state index is 13.5. The van der Waals surface area contributed by atoms with Crippen LogP contribution < -0.4 is 0 Å². The molecule has 2 rings (SSSR count). The summed E-state index contributed by atoms with van der Waals surface area (Å²) in [6, 6.07) is 3.07. The van der Waals surface area contributed by atoms with E-state index in [1.165, 1.54) is 6.07 Å². The first-order valence-corrected chi connectivity index (χ1v) is 15.1. The number of ether oxygens (including phenoxy) is 1. The molecule has 6 N–H and O–H groups in total. The first kappa shape index (κ1) is 35.7. The van der Waals surface area contributed by atoms with E-state index in [1.807, 2.05) is 33.8 Å². The molecule has 8 nitrogen and oxygen atoms in total. The van der Waals surface area contributed by atoms with E-state index in [0.29, 0.717) is 22.3 Å². The number of hydrogen-bond donors (Lipinski definition) is 6. The number of benzene rings is 1. The molecule has 0 saturated heterocycles. The van der Waals surface area contributed by atoms with Crippen LogP contribution in [-0.4, -0.2) is 73.2 Å². The summed E-state index contributed by atoms with van der Waals surface area (Å²) in [5, 5.41) is 64.2. The van der Waals surface area contributed by atoms with E-state index in [2.05, 4.69) is 0 Å². The Morgan fingerprint density at radius 1 is 1.05 bits per heavy atom. The van der Waals surface area contributed by atoms with Crippen LogP contribution in [0.1, 0.15) is 95.1 Å². The van der Waals surface area contributed by atoms with Crippen LogP contribution in [0, 0.1) is 24.7 Å². The molecule has 9 atom stereocenters. The van der Waals surface area contributed by atoms with Gasteiger partial charge in [-0.25, -0.2) is 4.79 Å². The van der Waals surface area contributed by atoms with Crippen LogP contribution in [0.5, 0.6) is 5.75 Å². The molecule has 236 valence electrons. The Morgan fingerprint density at radius 2 is 1.71 bits per heavy atom. The van der Waals surface area contributed by atoms with Crippen LogP contribution in [0.4, 0.5) is 0 Å². The van der Waals surface area contributed by atoms with Crippen molar-refractivity contribution in [1.82, 2.24) is 0 Å². The molecule has 0 amide bonds. The van der Waals surface area contributed by atoms with Crippen LogP contribution >= 0.6 is 0 Å². The van der Waals surface area contributed by atoms with E-state index >= 15 is 0 Å². The molecular formula is C34H52O8. The van der Waals surface area contributed by atoms with Gasteiger partial charge in [0.2, 0.25) is 0 Å². The van der Waals surface area contributed by atoms with Gasteiger partial charge in [0.25, 0.3) is 0 Å². The lowest BCUT2D eigenvalue weighted by Gasteiger charge is -2.30. The second kappa shape index (κ2) is 16.4. The molecule has 8 heteroatoms. The molecule has 0 aliphatic carbocycles. The van der Waals surface area contributed by atoms with Gasteiger partial charge >= 0.3 is 5.97 Å². The molecule has 42 heavy (non-hydrogen) atoms. The lowest BCUT2D eigenvalue weighted by molar-refractivity contribution is -0.0394. The smallest absolute Gasteiger partial charge is 0.339 e. The van der Waals surface area contributed by atoms with E-state index in [4.69, 9.17) is 4.74 Å². The van der Waals surface area contributed by atoms with Crippen molar-refractivity contribution in [2.24, 2.45) is 17.8 Å². The Balaban J connectivity index is 2.41. The number of carbonyl (C=O) groups excluding carboxylic acids is 1. The molecule has 1 aromatic rings. The minimum absolute atomic E-state index is 0.00930. The summed E-state index contributed by atoms with van der Waals surface area (Å²) in [7, 11) is 0. The molecule has 0 radical (unpaired) electrons. The van der Waals surface area contributed by atoms with E-state index in [9.17, 15) is 35.4 Å². The average Bonchev–Trinajstić information content (AvgIpc) is 2.94. The predicted octanol–water partition coefficient (Wildman–Crippen LogP) is 4.83. The van der Waals surface area contributed by atoms with Crippen molar-refractivity contribution < 1.29 is 40.2 Å². The number of aromatic hydroxyl groups is 1. The lowest BCUT2D eigenvalue weighted by atomic mass is 9.85. The van der Waals surface area contributed by atoms with E-state index < -0.39 is 48.5 Å². The molecule has 1 aliphatic rings. The zero-order chi connectivity index (χ0) is 31.7. The highest BCUT2D eigenvalue weighted by atomic mass is 16.5. The van der Waals surface area contributed by atoms with Crippen molar-refractivity contribution in [3.05, 3.63) is 58.7 Å². The Bertz CT molecular complexity index is 1120. The third-order valence-electron chi connectivity index (χ3n) is 8.65. The monoisotopic (exact) mass is 588 g/mol. The molecule has 0 unspecified atom stereocenters. The number of phenols is 1. The predicted molar refractivity (Wildman–Crippen MR) is 165 cm³/mol. The Labute approximate surface area is 251 Å². The summed E-state index contributed by atoms with van der Waals surface area (Å²) >= 11 is 0. The number of carbonyl (C=O) groups is 1. The number of aliphatic hydroxyl groups is 5. The molecule has 1 aliphatic heterocycles. The topological polar surface area (TPSA) is 148 Å². The summed E-state index contributed by atoms with van der Waals surface area (Å²) < 4.78 is 5.89. The van der Waals surface area contributed by atoms with Crippen LogP contribution in [0.2, 0.25) is 0 Å². The third-order valence-corrected chi connectivity index (χ3v) is 8.65. The standard InChI is InChI=1S/C34H52O8/c1-8-19(2)33(40)24(7)31(38)17-26(36)16-27-15-25(35)13-12-22(5)32(39)21(4)11-9-10-20(3)28-18-30(37)23(6)14-29(28)34(41)42-27/h9-12,14,18-19,21,24-27,31-33,35-40H,8,13,15-17H2,1-7H3/b11-9+,20-10+,22-12+/t19-,21-,24-,25+,26-,27-,31-,32-,33+/m0/s1. The minimum Gasteiger partial charge on any atom is -0.508 e. The summed E-state index contributed by atoms with van der Waals surface area (Å²) in [4.78, 5) is 13.5. The Kier molecular flexibility index (Phi) is 13.9.